The predicted molar refractivity (Wildman–Crippen MR) is 125 cm³/mol. The molecule has 4 nitrogen and oxygen atoms in total. The summed E-state index contributed by atoms with van der Waals surface area (Å²) in [5.74, 6) is 0.639. The van der Waals surface area contributed by atoms with Crippen LogP contribution in [-0.4, -0.2) is 35.1 Å². The van der Waals surface area contributed by atoms with Crippen LogP contribution in [0.2, 0.25) is 10.0 Å². The number of rotatable bonds is 9. The Balaban J connectivity index is 2.06. The second-order valence-electron chi connectivity index (χ2n) is 6.46. The van der Waals surface area contributed by atoms with Gasteiger partial charge in [-0.05, 0) is 49.2 Å². The fourth-order valence-electron chi connectivity index (χ4n) is 2.71. The maximum absolute atomic E-state index is 13.0. The zero-order chi connectivity index (χ0) is 21.4. The van der Waals surface area contributed by atoms with Crippen molar-refractivity contribution in [3.63, 3.8) is 0 Å². The van der Waals surface area contributed by atoms with Crippen molar-refractivity contribution in [2.45, 2.75) is 32.2 Å². The number of halogens is 3. The Hall–Kier alpha value is -1.21. The Labute approximate surface area is 194 Å². The highest BCUT2D eigenvalue weighted by Crippen LogP contribution is 2.25. The van der Waals surface area contributed by atoms with E-state index in [1.54, 1.807) is 24.0 Å². The highest BCUT2D eigenvalue weighted by molar-refractivity contribution is 9.10. The molecular weight excluding hydrogens is 495 g/mol. The van der Waals surface area contributed by atoms with E-state index in [0.717, 1.165) is 15.6 Å². The third-order valence-corrected chi connectivity index (χ3v) is 6.46. The molecule has 0 aromatic heterocycles. The minimum atomic E-state index is -0.563. The van der Waals surface area contributed by atoms with Gasteiger partial charge in [-0.1, -0.05) is 57.3 Å². The molecule has 29 heavy (non-hydrogen) atoms. The summed E-state index contributed by atoms with van der Waals surface area (Å²) in [6, 6.07) is 12.6. The normalized spacial score (nSPS) is 11.8. The van der Waals surface area contributed by atoms with Crippen LogP contribution in [0.1, 0.15) is 25.0 Å². The van der Waals surface area contributed by atoms with Gasteiger partial charge in [0.25, 0.3) is 0 Å². The number of thioether (sulfide) groups is 1. The van der Waals surface area contributed by atoms with Crippen LogP contribution >= 0.6 is 50.9 Å². The zero-order valence-electron chi connectivity index (χ0n) is 16.3. The van der Waals surface area contributed by atoms with Gasteiger partial charge in [-0.2, -0.15) is 0 Å². The third-order valence-electron chi connectivity index (χ3n) is 4.24. The monoisotopic (exact) mass is 516 g/mol. The molecular formula is C21H23BrCl2N2O2S. The van der Waals surface area contributed by atoms with Gasteiger partial charge in [-0.3, -0.25) is 9.59 Å². The maximum Gasteiger partial charge on any atom is 0.242 e. The second kappa shape index (κ2) is 11.8. The van der Waals surface area contributed by atoms with Gasteiger partial charge in [0.15, 0.2) is 0 Å². The molecule has 0 bridgehead atoms. The summed E-state index contributed by atoms with van der Waals surface area (Å²) in [6.45, 7) is 4.50. The van der Waals surface area contributed by atoms with E-state index in [1.165, 1.54) is 11.8 Å². The molecule has 8 heteroatoms. The Morgan fingerprint density at radius 3 is 2.55 bits per heavy atom. The van der Waals surface area contributed by atoms with Crippen LogP contribution in [0.15, 0.2) is 46.9 Å². The number of likely N-dealkylation sites (N-methyl/N-ethyl adjacent to an activating group) is 1. The molecule has 1 unspecified atom stereocenters. The van der Waals surface area contributed by atoms with Crippen LogP contribution in [0.4, 0.5) is 0 Å². The lowest BCUT2D eigenvalue weighted by atomic mass is 10.1. The summed E-state index contributed by atoms with van der Waals surface area (Å²) in [5, 5.41) is 3.80. The molecule has 0 fully saturated rings. The van der Waals surface area contributed by atoms with Crippen LogP contribution in [0.25, 0.3) is 0 Å². The minimum absolute atomic E-state index is 0.0891. The molecule has 1 atom stereocenters. The first-order valence-electron chi connectivity index (χ1n) is 9.15. The maximum atomic E-state index is 13.0. The molecule has 0 aliphatic heterocycles. The lowest BCUT2D eigenvalue weighted by Gasteiger charge is -2.28. The minimum Gasteiger partial charge on any atom is -0.355 e. The number of nitrogens with zero attached hydrogens (tertiary/aromatic N) is 1. The van der Waals surface area contributed by atoms with E-state index >= 15 is 0 Å². The summed E-state index contributed by atoms with van der Waals surface area (Å²) >= 11 is 16.9. The van der Waals surface area contributed by atoms with Crippen molar-refractivity contribution in [2.24, 2.45) is 0 Å². The number of amides is 2. The molecule has 2 rings (SSSR count). The molecule has 2 amide bonds. The highest BCUT2D eigenvalue weighted by Gasteiger charge is 2.25. The van der Waals surface area contributed by atoms with E-state index in [2.05, 4.69) is 21.2 Å². The fraction of sp³-hybridized carbons (Fsp3) is 0.333. The summed E-state index contributed by atoms with van der Waals surface area (Å²) in [7, 11) is 0. The molecule has 0 aliphatic rings. The highest BCUT2D eigenvalue weighted by atomic mass is 79.9. The molecule has 1 N–H and O–H groups in total. The van der Waals surface area contributed by atoms with E-state index in [0.29, 0.717) is 28.9 Å². The molecule has 0 saturated heterocycles. The van der Waals surface area contributed by atoms with E-state index in [-0.39, 0.29) is 17.6 Å². The van der Waals surface area contributed by atoms with E-state index in [9.17, 15) is 9.59 Å². The van der Waals surface area contributed by atoms with Gasteiger partial charge in [0.05, 0.1) is 15.8 Å². The first-order valence-corrected chi connectivity index (χ1v) is 11.9. The summed E-state index contributed by atoms with van der Waals surface area (Å²) in [6.07, 6.45) is 0. The first-order chi connectivity index (χ1) is 13.8. The van der Waals surface area contributed by atoms with Crippen molar-refractivity contribution in [2.75, 3.05) is 12.3 Å². The van der Waals surface area contributed by atoms with Crippen molar-refractivity contribution in [1.29, 1.82) is 0 Å². The van der Waals surface area contributed by atoms with Gasteiger partial charge >= 0.3 is 0 Å². The Morgan fingerprint density at radius 1 is 1.14 bits per heavy atom. The Kier molecular flexibility index (Phi) is 9.83. The number of carbonyl (C=O) groups is 2. The number of nitrogens with one attached hydrogen (secondary N) is 1. The molecule has 0 aliphatic carbocycles. The molecule has 2 aromatic carbocycles. The van der Waals surface area contributed by atoms with Gasteiger partial charge < -0.3 is 10.2 Å². The fourth-order valence-corrected chi connectivity index (χ4v) is 4.33. The number of benzene rings is 2. The smallest absolute Gasteiger partial charge is 0.242 e. The SMILES string of the molecule is CCNC(=O)C(C)N(Cc1cccc(Br)c1)C(=O)CSCc1ccc(Cl)c(Cl)c1. The lowest BCUT2D eigenvalue weighted by Crippen LogP contribution is -2.48. The largest absolute Gasteiger partial charge is 0.355 e. The lowest BCUT2D eigenvalue weighted by molar-refractivity contribution is -0.138. The van der Waals surface area contributed by atoms with Gasteiger partial charge in [-0.15, -0.1) is 11.8 Å². The molecule has 2 aromatic rings. The van der Waals surface area contributed by atoms with Gasteiger partial charge in [0, 0.05) is 23.3 Å². The third kappa shape index (κ3) is 7.52. The van der Waals surface area contributed by atoms with E-state index in [1.807, 2.05) is 37.3 Å². The number of carbonyl (C=O) groups excluding carboxylic acids is 2. The van der Waals surface area contributed by atoms with Crippen molar-refractivity contribution in [3.8, 4) is 0 Å². The topological polar surface area (TPSA) is 49.4 Å². The summed E-state index contributed by atoms with van der Waals surface area (Å²) < 4.78 is 0.932. The predicted octanol–water partition coefficient (Wildman–Crippen LogP) is 5.54. The van der Waals surface area contributed by atoms with E-state index in [4.69, 9.17) is 23.2 Å². The Morgan fingerprint density at radius 2 is 1.90 bits per heavy atom. The molecule has 0 spiro atoms. The van der Waals surface area contributed by atoms with Gasteiger partial charge in [-0.25, -0.2) is 0 Å². The van der Waals surface area contributed by atoms with E-state index < -0.39 is 6.04 Å². The first kappa shape index (κ1) is 24.1. The summed E-state index contributed by atoms with van der Waals surface area (Å²) in [4.78, 5) is 26.9. The van der Waals surface area contributed by atoms with Crippen LogP contribution < -0.4 is 5.32 Å². The molecule has 0 saturated carbocycles. The van der Waals surface area contributed by atoms with Crippen molar-refractivity contribution in [3.05, 3.63) is 68.1 Å². The molecule has 0 heterocycles. The second-order valence-corrected chi connectivity index (χ2v) is 9.18. The van der Waals surface area contributed by atoms with Crippen LogP contribution in [0.5, 0.6) is 0 Å². The average Bonchev–Trinajstić information content (AvgIpc) is 2.68. The van der Waals surface area contributed by atoms with Gasteiger partial charge in [0.2, 0.25) is 11.8 Å². The summed E-state index contributed by atoms with van der Waals surface area (Å²) in [5.41, 5.74) is 1.95. The Bertz CT molecular complexity index is 866. The quantitative estimate of drug-likeness (QED) is 0.474. The molecule has 0 radical (unpaired) electrons. The van der Waals surface area contributed by atoms with Crippen LogP contribution in [-0.2, 0) is 21.9 Å². The molecule has 156 valence electrons. The van der Waals surface area contributed by atoms with Gasteiger partial charge in [0.1, 0.15) is 6.04 Å². The zero-order valence-corrected chi connectivity index (χ0v) is 20.2. The number of hydrogen-bond donors (Lipinski definition) is 1. The standard InChI is InChI=1S/C21H23BrCl2N2O2S/c1-3-25-21(28)14(2)26(11-15-5-4-6-17(22)9-15)20(27)13-29-12-16-7-8-18(23)19(24)10-16/h4-10,14H,3,11-13H2,1-2H3,(H,25,28). The van der Waals surface area contributed by atoms with Crippen molar-refractivity contribution in [1.82, 2.24) is 10.2 Å². The van der Waals surface area contributed by atoms with Crippen molar-refractivity contribution >= 4 is 62.7 Å². The average molecular weight is 518 g/mol. The number of hydrogen-bond acceptors (Lipinski definition) is 3. The van der Waals surface area contributed by atoms with Crippen LogP contribution in [0.3, 0.4) is 0 Å². The van der Waals surface area contributed by atoms with Crippen molar-refractivity contribution < 1.29 is 9.59 Å². The van der Waals surface area contributed by atoms with Crippen LogP contribution in [0, 0.1) is 0 Å².